The Morgan fingerprint density at radius 1 is 1.19 bits per heavy atom. The lowest BCUT2D eigenvalue weighted by atomic mass is 9.98. The van der Waals surface area contributed by atoms with E-state index in [2.05, 4.69) is 4.90 Å². The van der Waals surface area contributed by atoms with Gasteiger partial charge in [-0.3, -0.25) is 9.59 Å². The van der Waals surface area contributed by atoms with E-state index in [4.69, 9.17) is 11.6 Å². The first-order chi connectivity index (χ1) is 12.5. The first-order valence-electron chi connectivity index (χ1n) is 9.20. The third kappa shape index (κ3) is 3.79. The van der Waals surface area contributed by atoms with Gasteiger partial charge >= 0.3 is 0 Å². The van der Waals surface area contributed by atoms with Crippen molar-refractivity contribution in [1.29, 1.82) is 0 Å². The second-order valence-corrected chi connectivity index (χ2v) is 7.46. The molecule has 140 valence electrons. The van der Waals surface area contributed by atoms with Gasteiger partial charge in [0.15, 0.2) is 6.29 Å². The normalized spacial score (nSPS) is 20.2. The van der Waals surface area contributed by atoms with Gasteiger partial charge < -0.3 is 14.9 Å². The van der Waals surface area contributed by atoms with Gasteiger partial charge in [0.25, 0.3) is 0 Å². The highest BCUT2D eigenvalue weighted by Crippen LogP contribution is 2.29. The van der Waals surface area contributed by atoms with Crippen molar-refractivity contribution in [1.82, 2.24) is 9.80 Å². The Balaban J connectivity index is 1.80. The fourth-order valence-electron chi connectivity index (χ4n) is 4.02. The maximum absolute atomic E-state index is 13.1. The van der Waals surface area contributed by atoms with Crippen LogP contribution in [0.3, 0.4) is 0 Å². The van der Waals surface area contributed by atoms with Crippen molar-refractivity contribution in [3.8, 4) is 5.75 Å². The number of halogens is 1. The number of phenolic OH excluding ortho intramolecular Hbond substituents is 1. The Labute approximate surface area is 159 Å². The summed E-state index contributed by atoms with van der Waals surface area (Å²) < 4.78 is 0. The van der Waals surface area contributed by atoms with E-state index in [1.165, 1.54) is 12.8 Å². The summed E-state index contributed by atoms with van der Waals surface area (Å²) in [7, 11) is 0. The molecule has 2 fully saturated rings. The number of nitrogens with zero attached hydrogens (tertiary/aromatic N) is 2. The van der Waals surface area contributed by atoms with Gasteiger partial charge in [0.1, 0.15) is 16.5 Å². The van der Waals surface area contributed by atoms with Gasteiger partial charge in [-0.05, 0) is 51.8 Å². The molecule has 2 aliphatic heterocycles. The van der Waals surface area contributed by atoms with Crippen molar-refractivity contribution in [2.75, 3.05) is 26.2 Å². The molecule has 0 radical (unpaired) electrons. The number of hydrogen-bond donors (Lipinski definition) is 1. The number of rotatable bonds is 5. The lowest BCUT2D eigenvalue weighted by Crippen LogP contribution is -2.44. The molecule has 1 aromatic carbocycles. The molecule has 2 heterocycles. The zero-order valence-electron chi connectivity index (χ0n) is 15.1. The molecule has 0 amide bonds. The number of piperidine rings is 1. The molecule has 2 aliphatic rings. The molecule has 0 aromatic heterocycles. The number of likely N-dealkylation sites (tertiary alicyclic amines) is 2. The molecular weight excluding hydrogens is 352 g/mol. The first-order valence-corrected chi connectivity index (χ1v) is 9.58. The average molecular weight is 377 g/mol. The summed E-state index contributed by atoms with van der Waals surface area (Å²) in [6.07, 6.45) is 4.96. The molecule has 1 aromatic rings. The summed E-state index contributed by atoms with van der Waals surface area (Å²) in [6.45, 7) is 5.40. The third-order valence-corrected chi connectivity index (χ3v) is 5.80. The second kappa shape index (κ2) is 8.23. The number of benzene rings is 1. The van der Waals surface area contributed by atoms with Crippen molar-refractivity contribution >= 4 is 23.7 Å². The van der Waals surface area contributed by atoms with Crippen molar-refractivity contribution in [3.63, 3.8) is 0 Å². The maximum Gasteiger partial charge on any atom is 0.211 e. The molecule has 0 spiro atoms. The van der Waals surface area contributed by atoms with E-state index in [1.54, 1.807) is 25.1 Å². The van der Waals surface area contributed by atoms with Gasteiger partial charge in [-0.15, -0.1) is 0 Å². The highest BCUT2D eigenvalue weighted by molar-refractivity contribution is 6.41. The molecule has 0 aliphatic carbocycles. The third-order valence-electron chi connectivity index (χ3n) is 5.53. The molecule has 3 rings (SSSR count). The minimum atomic E-state index is -0.310. The molecule has 1 N–H and O–H groups in total. The molecule has 6 heteroatoms. The summed E-state index contributed by atoms with van der Waals surface area (Å²) in [5, 5.41) is 9.83. The molecule has 2 saturated heterocycles. The number of allylic oxidation sites excluding steroid dienone is 2. The highest BCUT2D eigenvalue weighted by Gasteiger charge is 2.31. The zero-order valence-corrected chi connectivity index (χ0v) is 15.8. The molecular formula is C20H25ClN2O3. The predicted molar refractivity (Wildman–Crippen MR) is 102 cm³/mol. The van der Waals surface area contributed by atoms with E-state index in [9.17, 15) is 14.7 Å². The fourth-order valence-corrected chi connectivity index (χ4v) is 4.22. The quantitative estimate of drug-likeness (QED) is 0.486. The molecule has 26 heavy (non-hydrogen) atoms. The number of aromatic hydroxyl groups is 1. The van der Waals surface area contributed by atoms with Crippen LogP contribution in [0.15, 0.2) is 28.9 Å². The lowest BCUT2D eigenvalue weighted by Gasteiger charge is -2.38. The van der Waals surface area contributed by atoms with Crippen molar-refractivity contribution in [3.05, 3.63) is 40.1 Å². The second-order valence-electron chi connectivity index (χ2n) is 7.05. The molecule has 5 nitrogen and oxygen atoms in total. The lowest BCUT2D eigenvalue weighted by molar-refractivity contribution is -0.104. The van der Waals surface area contributed by atoms with Crippen molar-refractivity contribution < 1.29 is 14.7 Å². The van der Waals surface area contributed by atoms with Crippen LogP contribution in [0.25, 0.3) is 0 Å². The smallest absolute Gasteiger partial charge is 0.211 e. The van der Waals surface area contributed by atoms with Crippen molar-refractivity contribution in [2.24, 2.45) is 0 Å². The van der Waals surface area contributed by atoms with Gasteiger partial charge in [-0.2, -0.15) is 0 Å². The summed E-state index contributed by atoms with van der Waals surface area (Å²) in [4.78, 5) is 28.9. The maximum atomic E-state index is 13.1. The molecule has 0 bridgehead atoms. The Hall–Kier alpha value is -1.85. The number of Topliss-reactive ketones (excluding diaryl/α,β-unsaturated/α-hetero) is 1. The Bertz CT molecular complexity index is 718. The summed E-state index contributed by atoms with van der Waals surface area (Å²) in [6, 6.07) is 5.37. The van der Waals surface area contributed by atoms with E-state index < -0.39 is 0 Å². The number of carbonyl (C=O) groups is 2. The number of carbonyl (C=O) groups excluding carboxylic acids is 2. The van der Waals surface area contributed by atoms with Gasteiger partial charge in [-0.25, -0.2) is 0 Å². The van der Waals surface area contributed by atoms with Crippen LogP contribution in [0.5, 0.6) is 5.75 Å². The van der Waals surface area contributed by atoms with Crippen LogP contribution in [0, 0.1) is 6.92 Å². The van der Waals surface area contributed by atoms with E-state index in [-0.39, 0.29) is 22.3 Å². The zero-order chi connectivity index (χ0) is 18.7. The van der Waals surface area contributed by atoms with Crippen LogP contribution in [-0.2, 0) is 4.79 Å². The minimum absolute atomic E-state index is 0.0603. The molecule has 0 saturated carbocycles. The van der Waals surface area contributed by atoms with Gasteiger partial charge in [0, 0.05) is 30.3 Å². The van der Waals surface area contributed by atoms with Crippen LogP contribution in [0.1, 0.15) is 41.6 Å². The SMILES string of the molecule is Cc1c(O)cccc1C(=O)/C(=C(/Cl)C=O)N1CCC(N2CCCC2)CC1. The van der Waals surface area contributed by atoms with E-state index >= 15 is 0 Å². The van der Waals surface area contributed by atoms with Gasteiger partial charge in [0.05, 0.1) is 0 Å². The molecule has 0 unspecified atom stereocenters. The average Bonchev–Trinajstić information content (AvgIpc) is 3.19. The van der Waals surface area contributed by atoms with Crippen LogP contribution in [0.2, 0.25) is 0 Å². The van der Waals surface area contributed by atoms with Crippen LogP contribution in [0.4, 0.5) is 0 Å². The van der Waals surface area contributed by atoms with Crippen LogP contribution < -0.4 is 0 Å². The fraction of sp³-hybridized carbons (Fsp3) is 0.500. The molecule has 0 atom stereocenters. The number of ketones is 1. The minimum Gasteiger partial charge on any atom is -0.508 e. The van der Waals surface area contributed by atoms with E-state index in [0.29, 0.717) is 36.5 Å². The Morgan fingerprint density at radius 3 is 2.46 bits per heavy atom. The monoisotopic (exact) mass is 376 g/mol. The van der Waals surface area contributed by atoms with Crippen LogP contribution >= 0.6 is 11.6 Å². The topological polar surface area (TPSA) is 60.9 Å². The summed E-state index contributed by atoms with van der Waals surface area (Å²) in [5.41, 5.74) is 1.12. The summed E-state index contributed by atoms with van der Waals surface area (Å²) >= 11 is 6.14. The highest BCUT2D eigenvalue weighted by atomic mass is 35.5. The number of hydrogen-bond acceptors (Lipinski definition) is 5. The predicted octanol–water partition coefficient (Wildman–Crippen LogP) is 3.09. The summed E-state index contributed by atoms with van der Waals surface area (Å²) in [5.74, 6) is -0.250. The largest absolute Gasteiger partial charge is 0.508 e. The first kappa shape index (κ1) is 18.9. The van der Waals surface area contributed by atoms with E-state index in [0.717, 1.165) is 25.9 Å². The number of phenols is 1. The van der Waals surface area contributed by atoms with Crippen molar-refractivity contribution in [2.45, 2.75) is 38.6 Å². The van der Waals surface area contributed by atoms with Gasteiger partial charge in [0.2, 0.25) is 5.78 Å². The Morgan fingerprint density at radius 2 is 1.85 bits per heavy atom. The van der Waals surface area contributed by atoms with Crippen LogP contribution in [-0.4, -0.2) is 59.2 Å². The van der Waals surface area contributed by atoms with E-state index in [1.807, 2.05) is 4.90 Å². The number of aldehydes is 1. The Kier molecular flexibility index (Phi) is 5.99. The standard InChI is InChI=1S/C20H25ClN2O3/c1-14-16(5-4-6-18(14)25)20(26)19(17(21)13-24)23-11-7-15(8-12-23)22-9-2-3-10-22/h4-6,13,15,25H,2-3,7-12H2,1H3/b19-17-. The van der Waals surface area contributed by atoms with Gasteiger partial charge in [-0.1, -0.05) is 23.7 Å².